The number of nitrogens with one attached hydrogen (secondary N) is 1. The van der Waals surface area contributed by atoms with Crippen molar-refractivity contribution in [3.8, 4) is 0 Å². The first kappa shape index (κ1) is 51.2. The Morgan fingerprint density at radius 1 is 0.750 bits per heavy atom. The molecule has 0 fully saturated rings. The summed E-state index contributed by atoms with van der Waals surface area (Å²) in [6, 6.07) is 0. The van der Waals surface area contributed by atoms with Crippen molar-refractivity contribution in [2.75, 3.05) is 51.8 Å². The van der Waals surface area contributed by atoms with Crippen LogP contribution in [0.5, 0.6) is 0 Å². The molecule has 0 spiro atoms. The molecule has 8 nitrogen and oxygen atoms in total. The van der Waals surface area contributed by atoms with Gasteiger partial charge in [-0.25, -0.2) is 12.6 Å². The molecular formula is C26H68BrN4NiO4P2S2+2. The van der Waals surface area contributed by atoms with Gasteiger partial charge in [0.05, 0.1) is 41.0 Å². The van der Waals surface area contributed by atoms with E-state index in [1.54, 1.807) is 4.90 Å². The molecule has 253 valence electrons. The molecule has 0 heterocycles. The molecule has 0 aromatic carbocycles. The molecule has 1 unspecified atom stereocenters. The summed E-state index contributed by atoms with van der Waals surface area (Å²) in [5.74, 6) is 0. The number of nitrogens with zero attached hydrogens (tertiary/aromatic N) is 3. The van der Waals surface area contributed by atoms with Crippen LogP contribution >= 0.6 is 30.4 Å². The minimum absolute atomic E-state index is 0.379. The van der Waals surface area contributed by atoms with Crippen LogP contribution in [0.3, 0.4) is 0 Å². The number of halogens is 1. The van der Waals surface area contributed by atoms with E-state index >= 15 is 0 Å². The molecule has 0 aliphatic carbocycles. The maximum absolute atomic E-state index is 11.0. The standard InChI is InChI=1S/2C7H18NO2PS.2C6H15N.BrH.Ni/c2*1-6(2)11(7(3)4)8-12(5,9)10;2*1-4-7(5-2)6-3;;/h6-7H,1-5H3,(H,8,9,10);6-7,11H,1-5H3;2*4-6H2,1-3H3;1H;/q;;;;;+1/p+1. The third-order valence-corrected chi connectivity index (χ3v) is 14.9. The van der Waals surface area contributed by atoms with Gasteiger partial charge >= 0.3 is 27.9 Å². The molecule has 0 radical (unpaired) electrons. The van der Waals surface area contributed by atoms with Crippen LogP contribution in [-0.4, -0.2) is 96.5 Å². The number of hydrogen-bond donors (Lipinski definition) is 2. The summed E-state index contributed by atoms with van der Waals surface area (Å²) in [7, 11) is -8.17. The Kier molecular flexibility index (Phi) is 39.1. The van der Waals surface area contributed by atoms with Crippen LogP contribution in [0.1, 0.15) is 96.9 Å². The predicted octanol–water partition coefficient (Wildman–Crippen LogP) is 6.89. The van der Waals surface area contributed by atoms with Crippen molar-refractivity contribution in [2.24, 2.45) is 4.13 Å². The molecule has 1 atom stereocenters. The third-order valence-electron chi connectivity index (χ3n) is 5.75. The zero-order chi connectivity index (χ0) is 33.3. The molecule has 2 N–H and O–H groups in total. The molecule has 0 rings (SSSR count). The van der Waals surface area contributed by atoms with Crippen molar-refractivity contribution in [1.29, 1.82) is 0 Å². The van der Waals surface area contributed by atoms with E-state index in [1.807, 2.05) is 27.7 Å². The van der Waals surface area contributed by atoms with Crippen molar-refractivity contribution in [3.05, 3.63) is 4.49 Å². The van der Waals surface area contributed by atoms with Crippen LogP contribution < -0.4 is 4.90 Å². The van der Waals surface area contributed by atoms with E-state index in [0.717, 1.165) is 0 Å². The Balaban J connectivity index is -0.000000137. The van der Waals surface area contributed by atoms with Crippen molar-refractivity contribution in [3.63, 3.8) is 0 Å². The van der Waals surface area contributed by atoms with Crippen LogP contribution in [0, 0.1) is 0 Å². The summed E-state index contributed by atoms with van der Waals surface area (Å²) < 4.78 is 49.8. The first-order valence-corrected chi connectivity index (χ1v) is 23.8. The van der Waals surface area contributed by atoms with Gasteiger partial charge in [0.1, 0.15) is 8.07 Å². The minimum atomic E-state index is -3.14. The van der Waals surface area contributed by atoms with Crippen LogP contribution in [-0.2, 0) is 33.7 Å². The molecule has 0 aliphatic rings. The molecule has 0 saturated carbocycles. The van der Waals surface area contributed by atoms with Gasteiger partial charge in [0, 0.05) is 23.8 Å². The molecule has 0 amide bonds. The molecule has 14 heteroatoms. The van der Waals surface area contributed by atoms with Crippen molar-refractivity contribution in [2.45, 2.75) is 120 Å². The van der Waals surface area contributed by atoms with E-state index in [1.165, 1.54) is 51.8 Å². The van der Waals surface area contributed by atoms with E-state index in [2.05, 4.69) is 111 Å². The van der Waals surface area contributed by atoms with Gasteiger partial charge in [0.2, 0.25) is 0 Å². The average molecular weight is 766 g/mol. The second-order valence-electron chi connectivity index (χ2n) is 10.6. The van der Waals surface area contributed by atoms with Crippen LogP contribution in [0.15, 0.2) is 4.13 Å². The molecule has 0 aliphatic heterocycles. The number of sulfonamides is 1. The molecule has 0 aromatic rings. The van der Waals surface area contributed by atoms with Crippen molar-refractivity contribution >= 4 is 50.4 Å². The summed E-state index contributed by atoms with van der Waals surface area (Å²) in [6.45, 7) is 37.0. The van der Waals surface area contributed by atoms with E-state index in [0.29, 0.717) is 22.6 Å². The van der Waals surface area contributed by atoms with Crippen molar-refractivity contribution in [1.82, 2.24) is 4.90 Å². The SMILES string of the molecule is CC(C)[PH+](N=S(C)(=O)O)C(C)C.CC(C)[PH+]([N-]S(C)(=O)=O)C(C)C.CCN(CC)CC.CC[NH+](CC)CC.[Ni][Br]. The normalized spacial score (nSPS) is 12.9. The van der Waals surface area contributed by atoms with Gasteiger partial charge in [-0.05, 0) is 95.8 Å². The van der Waals surface area contributed by atoms with E-state index < -0.39 is 36.2 Å². The maximum atomic E-state index is 11.0. The summed E-state index contributed by atoms with van der Waals surface area (Å²) in [6.07, 6.45) is 2.45. The summed E-state index contributed by atoms with van der Waals surface area (Å²) >= 11 is 6.25. The van der Waals surface area contributed by atoms with Gasteiger partial charge in [-0.1, -0.05) is 33.0 Å². The van der Waals surface area contributed by atoms with Crippen molar-refractivity contribution < 1.29 is 35.8 Å². The molecular weight excluding hydrogens is 697 g/mol. The quantitative estimate of drug-likeness (QED) is 0.157. The Bertz CT molecular complexity index is 717. The third kappa shape index (κ3) is 37.6. The van der Waals surface area contributed by atoms with Gasteiger partial charge in [-0.2, -0.15) is 0 Å². The number of quaternary nitrogens is 1. The summed E-state index contributed by atoms with van der Waals surface area (Å²) in [5.41, 5.74) is 1.60. The Morgan fingerprint density at radius 3 is 1.10 bits per heavy atom. The Labute approximate surface area is 269 Å². The average Bonchev–Trinajstić information content (AvgIpc) is 2.84. The summed E-state index contributed by atoms with van der Waals surface area (Å²) in [4.78, 5) is 4.06. The first-order chi connectivity index (χ1) is 18.2. The van der Waals surface area contributed by atoms with E-state index in [4.69, 9.17) is 4.55 Å². The van der Waals surface area contributed by atoms with Crippen LogP contribution in [0.2, 0.25) is 0 Å². The van der Waals surface area contributed by atoms with Gasteiger partial charge in [-0.15, -0.1) is 0 Å². The topological polar surface area (TPSA) is 106 Å². The van der Waals surface area contributed by atoms with Gasteiger partial charge in [0.25, 0.3) is 0 Å². The van der Waals surface area contributed by atoms with Gasteiger partial charge in [-0.3, -0.25) is 4.55 Å². The predicted molar refractivity (Wildman–Crippen MR) is 189 cm³/mol. The van der Waals surface area contributed by atoms with Crippen LogP contribution in [0.25, 0.3) is 4.49 Å². The monoisotopic (exact) mass is 763 g/mol. The van der Waals surface area contributed by atoms with Gasteiger partial charge < -0.3 is 14.3 Å². The Hall–Kier alpha value is 1.57. The zero-order valence-corrected chi connectivity index (χ0v) is 34.8. The van der Waals surface area contributed by atoms with E-state index in [-0.39, 0.29) is 0 Å². The fourth-order valence-electron chi connectivity index (χ4n) is 3.56. The molecule has 0 saturated heterocycles. The summed E-state index contributed by atoms with van der Waals surface area (Å²) in [5, 5.41) is 0. The molecule has 40 heavy (non-hydrogen) atoms. The first-order valence-electron chi connectivity index (χ1n) is 14.5. The number of rotatable bonds is 13. The second kappa shape index (κ2) is 30.6. The molecule has 0 aromatic heterocycles. The Morgan fingerprint density at radius 2 is 1.05 bits per heavy atom. The second-order valence-corrected chi connectivity index (χ2v) is 21.3. The molecule has 0 bridgehead atoms. The van der Waals surface area contributed by atoms with Crippen LogP contribution in [0.4, 0.5) is 0 Å². The van der Waals surface area contributed by atoms with Gasteiger partial charge in [0.15, 0.2) is 10.0 Å². The number of hydrogen-bond acceptors (Lipinski definition) is 5. The van der Waals surface area contributed by atoms with E-state index in [9.17, 15) is 12.6 Å². The fraction of sp³-hybridized carbons (Fsp3) is 1.00. The zero-order valence-electron chi connectivity index (χ0n) is 28.6. The fourth-order valence-corrected chi connectivity index (χ4v) is 12.7.